The Bertz CT molecular complexity index is 513. The van der Waals surface area contributed by atoms with Crippen molar-refractivity contribution in [3.05, 3.63) is 34.3 Å². The highest BCUT2D eigenvalue weighted by molar-refractivity contribution is 9.10. The van der Waals surface area contributed by atoms with Crippen molar-refractivity contribution in [1.29, 1.82) is 0 Å². The predicted molar refractivity (Wildman–Crippen MR) is 83.1 cm³/mol. The number of carbonyl (C=O) groups excluding carboxylic acids is 1. The van der Waals surface area contributed by atoms with E-state index < -0.39 is 5.97 Å². The van der Waals surface area contributed by atoms with Gasteiger partial charge < -0.3 is 10.0 Å². The van der Waals surface area contributed by atoms with E-state index in [0.29, 0.717) is 32.6 Å². The van der Waals surface area contributed by atoms with Crippen LogP contribution in [0.15, 0.2) is 28.7 Å². The number of aryl methyl sites for hydroxylation is 1. The molecular weight excluding hydrogens is 336 g/mol. The molecule has 1 saturated heterocycles. The Labute approximate surface area is 132 Å². The standard InChI is InChI=1S/C15H19BrN2O3/c16-13-3-1-2-12(10-13)4-5-14(19)18-8-6-17(7-9-18)11-15(20)21/h1-3,10H,4-9,11H2,(H,20,21). The van der Waals surface area contributed by atoms with Gasteiger partial charge in [-0.05, 0) is 24.1 Å². The second kappa shape index (κ2) is 7.56. The van der Waals surface area contributed by atoms with Crippen molar-refractivity contribution < 1.29 is 14.7 Å². The van der Waals surface area contributed by atoms with Gasteiger partial charge in [0.15, 0.2) is 0 Å². The summed E-state index contributed by atoms with van der Waals surface area (Å²) < 4.78 is 1.02. The SMILES string of the molecule is O=C(O)CN1CCN(C(=O)CCc2cccc(Br)c2)CC1. The molecule has 21 heavy (non-hydrogen) atoms. The first-order chi connectivity index (χ1) is 10.0. The number of rotatable bonds is 5. The third kappa shape index (κ3) is 5.13. The summed E-state index contributed by atoms with van der Waals surface area (Å²) in [6.07, 6.45) is 1.23. The van der Waals surface area contributed by atoms with Crippen LogP contribution in [0.5, 0.6) is 0 Å². The zero-order valence-electron chi connectivity index (χ0n) is 11.8. The Hall–Kier alpha value is -1.40. The third-order valence-corrected chi connectivity index (χ3v) is 4.09. The first kappa shape index (κ1) is 16.0. The molecule has 6 heteroatoms. The van der Waals surface area contributed by atoms with Gasteiger partial charge in [-0.2, -0.15) is 0 Å². The Balaban J connectivity index is 1.76. The molecule has 5 nitrogen and oxygen atoms in total. The van der Waals surface area contributed by atoms with Gasteiger partial charge in [0.25, 0.3) is 0 Å². The van der Waals surface area contributed by atoms with E-state index in [0.717, 1.165) is 16.5 Å². The lowest BCUT2D eigenvalue weighted by Crippen LogP contribution is -2.49. The zero-order chi connectivity index (χ0) is 15.2. The average molecular weight is 355 g/mol. The zero-order valence-corrected chi connectivity index (χ0v) is 13.4. The van der Waals surface area contributed by atoms with Crippen LogP contribution in [-0.4, -0.2) is 59.5 Å². The van der Waals surface area contributed by atoms with E-state index >= 15 is 0 Å². The van der Waals surface area contributed by atoms with Crippen LogP contribution < -0.4 is 0 Å². The van der Waals surface area contributed by atoms with Crippen LogP contribution in [0.3, 0.4) is 0 Å². The van der Waals surface area contributed by atoms with Crippen molar-refractivity contribution in [2.75, 3.05) is 32.7 Å². The summed E-state index contributed by atoms with van der Waals surface area (Å²) in [6.45, 7) is 2.55. The summed E-state index contributed by atoms with van der Waals surface area (Å²) in [7, 11) is 0. The monoisotopic (exact) mass is 354 g/mol. The van der Waals surface area contributed by atoms with E-state index in [-0.39, 0.29) is 12.5 Å². The third-order valence-electron chi connectivity index (χ3n) is 3.60. The summed E-state index contributed by atoms with van der Waals surface area (Å²) in [5.41, 5.74) is 1.14. The summed E-state index contributed by atoms with van der Waals surface area (Å²) in [4.78, 5) is 26.5. The van der Waals surface area contributed by atoms with Gasteiger partial charge in [0, 0.05) is 37.1 Å². The smallest absolute Gasteiger partial charge is 0.317 e. The highest BCUT2D eigenvalue weighted by Gasteiger charge is 2.21. The number of aliphatic carboxylic acids is 1. The minimum Gasteiger partial charge on any atom is -0.480 e. The summed E-state index contributed by atoms with van der Waals surface area (Å²) in [6, 6.07) is 7.97. The first-order valence-electron chi connectivity index (χ1n) is 7.01. The molecule has 1 aliphatic heterocycles. The molecule has 1 fully saturated rings. The molecule has 2 rings (SSSR count). The van der Waals surface area contributed by atoms with Gasteiger partial charge >= 0.3 is 5.97 Å². The van der Waals surface area contributed by atoms with Crippen LogP contribution in [0.4, 0.5) is 0 Å². The number of benzene rings is 1. The molecular formula is C15H19BrN2O3. The molecule has 1 heterocycles. The second-order valence-electron chi connectivity index (χ2n) is 5.18. The van der Waals surface area contributed by atoms with Crippen LogP contribution in [0.2, 0.25) is 0 Å². The summed E-state index contributed by atoms with van der Waals surface area (Å²) in [5.74, 6) is -0.672. The number of hydrogen-bond donors (Lipinski definition) is 1. The molecule has 1 amide bonds. The van der Waals surface area contributed by atoms with Crippen molar-refractivity contribution in [1.82, 2.24) is 9.80 Å². The summed E-state index contributed by atoms with van der Waals surface area (Å²) >= 11 is 3.42. The van der Waals surface area contributed by atoms with E-state index in [2.05, 4.69) is 15.9 Å². The fraction of sp³-hybridized carbons (Fsp3) is 0.467. The molecule has 0 aromatic heterocycles. The Morgan fingerprint density at radius 1 is 1.19 bits per heavy atom. The molecule has 114 valence electrons. The van der Waals surface area contributed by atoms with Gasteiger partial charge in [-0.3, -0.25) is 14.5 Å². The predicted octanol–water partition coefficient (Wildman–Crippen LogP) is 1.61. The van der Waals surface area contributed by atoms with Crippen LogP contribution in [-0.2, 0) is 16.0 Å². The van der Waals surface area contributed by atoms with Crippen LogP contribution in [0.25, 0.3) is 0 Å². The number of carbonyl (C=O) groups is 2. The molecule has 0 aliphatic carbocycles. The minimum absolute atomic E-state index is 0.0556. The maximum absolute atomic E-state index is 12.2. The van der Waals surface area contributed by atoms with Gasteiger partial charge in [-0.1, -0.05) is 28.1 Å². The van der Waals surface area contributed by atoms with Crippen LogP contribution >= 0.6 is 15.9 Å². The maximum atomic E-state index is 12.2. The van der Waals surface area contributed by atoms with Crippen molar-refractivity contribution in [2.45, 2.75) is 12.8 Å². The van der Waals surface area contributed by atoms with Crippen molar-refractivity contribution in [3.8, 4) is 0 Å². The van der Waals surface area contributed by atoms with Crippen LogP contribution in [0.1, 0.15) is 12.0 Å². The fourth-order valence-corrected chi connectivity index (χ4v) is 2.90. The molecule has 0 saturated carbocycles. The maximum Gasteiger partial charge on any atom is 0.317 e. The quantitative estimate of drug-likeness (QED) is 0.872. The van der Waals surface area contributed by atoms with Gasteiger partial charge in [-0.25, -0.2) is 0 Å². The van der Waals surface area contributed by atoms with E-state index in [1.54, 1.807) is 0 Å². The van der Waals surface area contributed by atoms with Crippen molar-refractivity contribution >= 4 is 27.8 Å². The molecule has 0 radical (unpaired) electrons. The Kier molecular flexibility index (Phi) is 5.76. The number of carboxylic acid groups (broad SMARTS) is 1. The normalized spacial score (nSPS) is 16.0. The molecule has 0 bridgehead atoms. The average Bonchev–Trinajstić information content (AvgIpc) is 2.45. The lowest BCUT2D eigenvalue weighted by molar-refractivity contribution is -0.139. The second-order valence-corrected chi connectivity index (χ2v) is 6.10. The molecule has 1 aliphatic rings. The van der Waals surface area contributed by atoms with Gasteiger partial charge in [0.2, 0.25) is 5.91 Å². The number of amides is 1. The van der Waals surface area contributed by atoms with Gasteiger partial charge in [0.1, 0.15) is 0 Å². The van der Waals surface area contributed by atoms with Crippen molar-refractivity contribution in [2.24, 2.45) is 0 Å². The first-order valence-corrected chi connectivity index (χ1v) is 7.80. The summed E-state index contributed by atoms with van der Waals surface area (Å²) in [5, 5.41) is 8.75. The van der Waals surface area contributed by atoms with Crippen LogP contribution in [0, 0.1) is 0 Å². The van der Waals surface area contributed by atoms with Gasteiger partial charge in [-0.15, -0.1) is 0 Å². The fourth-order valence-electron chi connectivity index (χ4n) is 2.45. The minimum atomic E-state index is -0.815. The molecule has 0 atom stereocenters. The number of piperazine rings is 1. The lowest BCUT2D eigenvalue weighted by atomic mass is 10.1. The number of halogens is 1. The molecule has 0 unspecified atom stereocenters. The van der Waals surface area contributed by atoms with E-state index in [4.69, 9.17) is 5.11 Å². The highest BCUT2D eigenvalue weighted by atomic mass is 79.9. The van der Waals surface area contributed by atoms with Gasteiger partial charge in [0.05, 0.1) is 6.54 Å². The van der Waals surface area contributed by atoms with Crippen molar-refractivity contribution in [3.63, 3.8) is 0 Å². The van der Waals surface area contributed by atoms with E-state index in [1.165, 1.54) is 0 Å². The van der Waals surface area contributed by atoms with E-state index in [9.17, 15) is 9.59 Å². The number of carboxylic acids is 1. The molecule has 1 aromatic rings. The number of nitrogens with zero attached hydrogens (tertiary/aromatic N) is 2. The Morgan fingerprint density at radius 2 is 1.90 bits per heavy atom. The largest absolute Gasteiger partial charge is 0.480 e. The lowest BCUT2D eigenvalue weighted by Gasteiger charge is -2.33. The Morgan fingerprint density at radius 3 is 2.52 bits per heavy atom. The molecule has 1 aromatic carbocycles. The highest BCUT2D eigenvalue weighted by Crippen LogP contribution is 2.14. The molecule has 1 N–H and O–H groups in total. The topological polar surface area (TPSA) is 60.9 Å². The van der Waals surface area contributed by atoms with E-state index in [1.807, 2.05) is 34.1 Å². The molecule has 0 spiro atoms. The number of hydrogen-bond acceptors (Lipinski definition) is 3.